The number of rotatable bonds is 2. The number of fused-ring (bicyclic) bond motifs is 3. The minimum absolute atomic E-state index is 0.273. The van der Waals surface area contributed by atoms with Crippen LogP contribution in [0.3, 0.4) is 0 Å². The second kappa shape index (κ2) is 4.50. The van der Waals surface area contributed by atoms with Crippen molar-refractivity contribution < 1.29 is 4.79 Å². The highest BCUT2D eigenvalue weighted by molar-refractivity contribution is 6.29. The van der Waals surface area contributed by atoms with Gasteiger partial charge in [-0.1, -0.05) is 11.6 Å². The first kappa shape index (κ1) is 12.7. The Morgan fingerprint density at radius 1 is 1.14 bits per heavy atom. The van der Waals surface area contributed by atoms with Gasteiger partial charge in [0, 0.05) is 10.8 Å². The van der Waals surface area contributed by atoms with Gasteiger partial charge in [0.25, 0.3) is 5.91 Å². The minimum Gasteiger partial charge on any atom is -0.364 e. The molecule has 8 nitrogen and oxygen atoms in total. The number of hydrogen-bond acceptors (Lipinski definition) is 5. The van der Waals surface area contributed by atoms with E-state index in [-0.39, 0.29) is 10.8 Å². The average molecular weight is 314 g/mol. The van der Waals surface area contributed by atoms with E-state index in [1.54, 1.807) is 35.1 Å². The van der Waals surface area contributed by atoms with Gasteiger partial charge in [-0.3, -0.25) is 9.89 Å². The number of nitrogens with zero attached hydrogens (tertiary/aromatic N) is 5. The van der Waals surface area contributed by atoms with E-state index in [1.165, 1.54) is 0 Å². The predicted molar refractivity (Wildman–Crippen MR) is 79.8 cm³/mol. The van der Waals surface area contributed by atoms with Crippen LogP contribution >= 0.6 is 11.6 Å². The molecule has 3 aromatic heterocycles. The van der Waals surface area contributed by atoms with Crippen molar-refractivity contribution in [1.29, 1.82) is 0 Å². The van der Waals surface area contributed by atoms with E-state index in [0.717, 1.165) is 5.39 Å². The molecule has 0 radical (unpaired) electrons. The second-order valence-corrected chi connectivity index (χ2v) is 5.03. The number of primary amides is 1. The van der Waals surface area contributed by atoms with Crippen LogP contribution in [0.25, 0.3) is 27.6 Å². The summed E-state index contributed by atoms with van der Waals surface area (Å²) in [6.07, 6.45) is 1.62. The van der Waals surface area contributed by atoms with Crippen molar-refractivity contribution in [3.63, 3.8) is 0 Å². The van der Waals surface area contributed by atoms with Crippen molar-refractivity contribution in [3.05, 3.63) is 41.3 Å². The van der Waals surface area contributed by atoms with Crippen LogP contribution in [0, 0.1) is 0 Å². The predicted octanol–water partition coefficient (Wildman–Crippen LogP) is 1.44. The van der Waals surface area contributed by atoms with Crippen molar-refractivity contribution in [1.82, 2.24) is 30.2 Å². The van der Waals surface area contributed by atoms with Gasteiger partial charge >= 0.3 is 0 Å². The second-order valence-electron chi connectivity index (χ2n) is 4.64. The van der Waals surface area contributed by atoms with Gasteiger partial charge in [0.05, 0.1) is 17.2 Å². The molecular weight excluding hydrogens is 306 g/mol. The van der Waals surface area contributed by atoms with Gasteiger partial charge in [-0.2, -0.15) is 10.2 Å². The van der Waals surface area contributed by atoms with E-state index in [2.05, 4.69) is 25.5 Å². The van der Waals surface area contributed by atoms with Crippen LogP contribution in [0.1, 0.15) is 10.5 Å². The zero-order valence-electron chi connectivity index (χ0n) is 11.0. The topological polar surface area (TPSA) is 115 Å². The van der Waals surface area contributed by atoms with Gasteiger partial charge in [0.15, 0.2) is 11.0 Å². The fraction of sp³-hybridized carbons (Fsp3) is 0. The zero-order valence-corrected chi connectivity index (χ0v) is 11.7. The summed E-state index contributed by atoms with van der Waals surface area (Å²) in [6.45, 7) is 0. The van der Waals surface area contributed by atoms with Crippen molar-refractivity contribution in [2.24, 2.45) is 5.73 Å². The van der Waals surface area contributed by atoms with Gasteiger partial charge in [0.2, 0.25) is 0 Å². The number of aromatic amines is 1. The maximum atomic E-state index is 11.7. The van der Waals surface area contributed by atoms with Crippen molar-refractivity contribution in [2.75, 3.05) is 0 Å². The Hall–Kier alpha value is -3.00. The van der Waals surface area contributed by atoms with Gasteiger partial charge in [-0.25, -0.2) is 4.68 Å². The highest BCUT2D eigenvalue weighted by Gasteiger charge is 2.18. The number of carbonyl (C=O) groups is 1. The summed E-state index contributed by atoms with van der Waals surface area (Å²) in [6, 6.07) is 6.83. The first-order valence-corrected chi connectivity index (χ1v) is 6.67. The normalized spacial score (nSPS) is 11.3. The van der Waals surface area contributed by atoms with Gasteiger partial charge < -0.3 is 5.73 Å². The highest BCUT2D eigenvalue weighted by Crippen LogP contribution is 2.28. The first-order valence-electron chi connectivity index (χ1n) is 6.29. The molecule has 0 saturated carbocycles. The molecule has 9 heteroatoms. The van der Waals surface area contributed by atoms with Gasteiger partial charge in [-0.15, -0.1) is 10.2 Å². The van der Waals surface area contributed by atoms with Crippen LogP contribution in [0.5, 0.6) is 0 Å². The van der Waals surface area contributed by atoms with Crippen molar-refractivity contribution in [3.8, 4) is 5.82 Å². The number of halogens is 1. The molecule has 1 amide bonds. The summed E-state index contributed by atoms with van der Waals surface area (Å²) in [5.74, 6) is -0.104. The molecule has 22 heavy (non-hydrogen) atoms. The SMILES string of the molecule is NC(=O)c1[nH]n(-c2ccc(Cl)nn2)c2c1ccc1nncc12. The maximum absolute atomic E-state index is 11.7. The molecule has 3 N–H and O–H groups in total. The number of H-pyrrole nitrogens is 1. The largest absolute Gasteiger partial charge is 0.364 e. The first-order chi connectivity index (χ1) is 10.6. The number of nitrogens with two attached hydrogens (primary N) is 1. The van der Waals surface area contributed by atoms with E-state index in [4.69, 9.17) is 17.3 Å². The van der Waals surface area contributed by atoms with Crippen molar-refractivity contribution >= 4 is 39.3 Å². The molecule has 0 fully saturated rings. The molecule has 0 aliphatic heterocycles. The molecular formula is C13H8ClN7O. The van der Waals surface area contributed by atoms with Crippen LogP contribution in [-0.4, -0.2) is 36.1 Å². The van der Waals surface area contributed by atoms with E-state index >= 15 is 0 Å². The Kier molecular flexibility index (Phi) is 2.60. The third-order valence-corrected chi connectivity index (χ3v) is 3.56. The summed E-state index contributed by atoms with van der Waals surface area (Å²) in [5, 5.41) is 20.4. The number of aromatic nitrogens is 6. The standard InChI is InChI=1S/C13H8ClN7O/c14-9-3-4-10(19-18-9)21-12-6(11(20-21)13(15)22)1-2-8-7(12)5-16-17-8/h1-5,20H,(H2,15,22). The average Bonchev–Trinajstić information content (AvgIpc) is 3.11. The quantitative estimate of drug-likeness (QED) is 0.581. The number of carbonyl (C=O) groups excluding carboxylic acids is 1. The molecule has 4 aromatic rings. The van der Waals surface area contributed by atoms with Crippen molar-refractivity contribution in [2.45, 2.75) is 0 Å². The molecule has 0 spiro atoms. The molecule has 3 heterocycles. The fourth-order valence-corrected chi connectivity index (χ4v) is 2.52. The summed E-state index contributed by atoms with van der Waals surface area (Å²) in [7, 11) is 0. The lowest BCUT2D eigenvalue weighted by Crippen LogP contribution is -2.12. The van der Waals surface area contributed by atoms with Crippen LogP contribution in [0.2, 0.25) is 5.15 Å². The van der Waals surface area contributed by atoms with Crippen LogP contribution < -0.4 is 5.73 Å². The van der Waals surface area contributed by atoms with Crippen LogP contribution in [0.4, 0.5) is 0 Å². The molecule has 0 aliphatic carbocycles. The van der Waals surface area contributed by atoms with E-state index in [1.807, 2.05) is 0 Å². The molecule has 0 saturated heterocycles. The zero-order chi connectivity index (χ0) is 15.3. The lowest BCUT2D eigenvalue weighted by Gasteiger charge is -2.03. The number of benzene rings is 1. The maximum Gasteiger partial charge on any atom is 0.267 e. The molecule has 0 bridgehead atoms. The fourth-order valence-electron chi connectivity index (χ4n) is 2.42. The molecule has 108 valence electrons. The molecule has 1 aromatic carbocycles. The smallest absolute Gasteiger partial charge is 0.267 e. The van der Waals surface area contributed by atoms with Crippen LogP contribution in [0.15, 0.2) is 30.5 Å². The monoisotopic (exact) mass is 313 g/mol. The number of nitrogens with one attached hydrogen (secondary N) is 1. The lowest BCUT2D eigenvalue weighted by atomic mass is 10.1. The lowest BCUT2D eigenvalue weighted by molar-refractivity contribution is 0.0996. The Morgan fingerprint density at radius 2 is 2.00 bits per heavy atom. The Morgan fingerprint density at radius 3 is 2.73 bits per heavy atom. The van der Waals surface area contributed by atoms with E-state index in [9.17, 15) is 4.79 Å². The molecule has 0 atom stereocenters. The molecule has 4 rings (SSSR count). The molecule has 0 aliphatic rings. The van der Waals surface area contributed by atoms with E-state index < -0.39 is 5.91 Å². The summed E-state index contributed by atoms with van der Waals surface area (Å²) >= 11 is 5.76. The van der Waals surface area contributed by atoms with Crippen LogP contribution in [-0.2, 0) is 0 Å². The van der Waals surface area contributed by atoms with Gasteiger partial charge in [0.1, 0.15) is 5.69 Å². The Bertz CT molecular complexity index is 1020. The third kappa shape index (κ3) is 1.74. The molecule has 0 unspecified atom stereocenters. The summed E-state index contributed by atoms with van der Waals surface area (Å²) in [5.41, 5.74) is 7.12. The number of hydrogen-bond donors (Lipinski definition) is 2. The minimum atomic E-state index is -0.572. The number of amides is 1. The summed E-state index contributed by atoms with van der Waals surface area (Å²) < 4.78 is 1.62. The Labute approximate surface area is 127 Å². The van der Waals surface area contributed by atoms with E-state index in [0.29, 0.717) is 22.2 Å². The van der Waals surface area contributed by atoms with Gasteiger partial charge in [-0.05, 0) is 24.3 Å². The Balaban J connectivity index is 2.14. The third-order valence-electron chi connectivity index (χ3n) is 3.36. The highest BCUT2D eigenvalue weighted by atomic mass is 35.5. The summed E-state index contributed by atoms with van der Waals surface area (Å²) in [4.78, 5) is 11.7.